The molecule has 0 saturated carbocycles. The third-order valence-electron chi connectivity index (χ3n) is 5.46. The van der Waals surface area contributed by atoms with Crippen molar-refractivity contribution in [1.29, 1.82) is 0 Å². The molecule has 1 atom stereocenters. The van der Waals surface area contributed by atoms with Crippen LogP contribution >= 0.6 is 11.3 Å². The number of aromatic nitrogens is 1. The molecular weight excluding hydrogens is 462 g/mol. The quantitative estimate of drug-likeness (QED) is 0.215. The van der Waals surface area contributed by atoms with E-state index in [0.717, 1.165) is 39.1 Å². The molecule has 1 aromatic heterocycles. The normalized spacial score (nSPS) is 12.9. The van der Waals surface area contributed by atoms with Crippen LogP contribution < -0.4 is 15.1 Å². The van der Waals surface area contributed by atoms with Gasteiger partial charge in [0, 0.05) is 6.04 Å². The van der Waals surface area contributed by atoms with Crippen molar-refractivity contribution < 1.29 is 18.4 Å². The number of hydrogen-bond acceptors (Lipinski definition) is 7. The highest BCUT2D eigenvalue weighted by Gasteiger charge is 2.15. The zero-order valence-corrected chi connectivity index (χ0v) is 20.5. The average Bonchev–Trinajstić information content (AvgIpc) is 3.18. The van der Waals surface area contributed by atoms with Crippen LogP contribution in [0.15, 0.2) is 41.2 Å². The Morgan fingerprint density at radius 3 is 2.79 bits per heavy atom. The van der Waals surface area contributed by atoms with Crippen molar-refractivity contribution in [2.24, 2.45) is 0 Å². The van der Waals surface area contributed by atoms with E-state index in [1.165, 1.54) is 0 Å². The number of phenolic OH excluding ortho intramolecular Hbond substituents is 1. The summed E-state index contributed by atoms with van der Waals surface area (Å²) in [7, 11) is -3.53. The third-order valence-corrected chi connectivity index (χ3v) is 7.56. The van der Waals surface area contributed by atoms with Crippen LogP contribution in [0.3, 0.4) is 0 Å². The summed E-state index contributed by atoms with van der Waals surface area (Å²) in [6.45, 7) is 4.92. The van der Waals surface area contributed by atoms with Crippen LogP contribution in [-0.4, -0.2) is 43.5 Å². The monoisotopic (exact) mass is 493 g/mol. The molecule has 0 spiro atoms. The third kappa shape index (κ3) is 7.65. The van der Waals surface area contributed by atoms with Crippen LogP contribution in [0.2, 0.25) is 0 Å². The molecule has 0 aliphatic heterocycles. The van der Waals surface area contributed by atoms with Crippen LogP contribution in [0, 0.1) is 6.92 Å². The maximum atomic E-state index is 12.3. The van der Waals surface area contributed by atoms with Gasteiger partial charge in [0.2, 0.25) is 10.0 Å². The van der Waals surface area contributed by atoms with Gasteiger partial charge in [-0.2, -0.15) is 0 Å². The summed E-state index contributed by atoms with van der Waals surface area (Å²) in [4.78, 5) is 21.5. The second-order valence-electron chi connectivity index (χ2n) is 8.05. The van der Waals surface area contributed by atoms with E-state index in [4.69, 9.17) is 4.84 Å². The summed E-state index contributed by atoms with van der Waals surface area (Å²) in [6, 6.07) is 11.4. The van der Waals surface area contributed by atoms with E-state index in [1.807, 2.05) is 38.1 Å². The van der Waals surface area contributed by atoms with Gasteiger partial charge in [0.1, 0.15) is 11.3 Å². The standard InChI is InChI=1S/C23H31N3O5S2/c1-3-19(24-12-9-18-7-8-20(27)21-22(18)32-23(28)25-21)11-14-33(29,30)26-31-13-10-17-6-4-5-16(2)15-17/h4-8,15,19,24,26-27H,3,9-14H2,1-2H3,(H,25,28). The van der Waals surface area contributed by atoms with Gasteiger partial charge in [-0.1, -0.05) is 59.0 Å². The summed E-state index contributed by atoms with van der Waals surface area (Å²) in [5, 5.41) is 13.3. The minimum absolute atomic E-state index is 0.0337. The van der Waals surface area contributed by atoms with Gasteiger partial charge in [-0.05, 0) is 56.3 Å². The van der Waals surface area contributed by atoms with Gasteiger partial charge < -0.3 is 15.4 Å². The molecule has 180 valence electrons. The van der Waals surface area contributed by atoms with Gasteiger partial charge in [-0.15, -0.1) is 0 Å². The van der Waals surface area contributed by atoms with E-state index in [-0.39, 0.29) is 29.0 Å². The lowest BCUT2D eigenvalue weighted by Crippen LogP contribution is -2.35. The van der Waals surface area contributed by atoms with Gasteiger partial charge in [-0.3, -0.25) is 9.63 Å². The van der Waals surface area contributed by atoms with E-state index in [0.29, 0.717) is 31.3 Å². The van der Waals surface area contributed by atoms with Gasteiger partial charge >= 0.3 is 4.87 Å². The number of H-pyrrole nitrogens is 1. The lowest BCUT2D eigenvalue weighted by molar-refractivity contribution is 0.0958. The van der Waals surface area contributed by atoms with Crippen LogP contribution in [0.4, 0.5) is 0 Å². The molecule has 0 radical (unpaired) electrons. The number of thiazole rings is 1. The fraction of sp³-hybridized carbons (Fsp3) is 0.435. The minimum Gasteiger partial charge on any atom is -0.506 e. The van der Waals surface area contributed by atoms with Crippen molar-refractivity contribution in [3.8, 4) is 5.75 Å². The summed E-state index contributed by atoms with van der Waals surface area (Å²) in [6.07, 6.45) is 2.53. The highest BCUT2D eigenvalue weighted by molar-refractivity contribution is 7.89. The number of fused-ring (bicyclic) bond motifs is 1. The topological polar surface area (TPSA) is 121 Å². The summed E-state index contributed by atoms with van der Waals surface area (Å²) in [5.41, 5.74) is 3.69. The molecule has 33 heavy (non-hydrogen) atoms. The molecule has 2 aromatic carbocycles. The molecule has 1 heterocycles. The van der Waals surface area contributed by atoms with Crippen molar-refractivity contribution in [3.05, 3.63) is 62.8 Å². The smallest absolute Gasteiger partial charge is 0.305 e. The molecule has 0 aliphatic rings. The molecule has 3 rings (SSSR count). The van der Waals surface area contributed by atoms with Crippen LogP contribution in [0.1, 0.15) is 36.5 Å². The Hall–Kier alpha value is -2.24. The summed E-state index contributed by atoms with van der Waals surface area (Å²) < 4.78 is 25.3. The van der Waals surface area contributed by atoms with Gasteiger partial charge in [-0.25, -0.2) is 8.42 Å². The molecule has 0 fully saturated rings. The molecular formula is C23H31N3O5S2. The van der Waals surface area contributed by atoms with Gasteiger partial charge in [0.25, 0.3) is 0 Å². The second-order valence-corrected chi connectivity index (χ2v) is 10.8. The molecule has 10 heteroatoms. The Bertz CT molecular complexity index is 1220. The van der Waals surface area contributed by atoms with E-state index in [9.17, 15) is 18.3 Å². The number of benzene rings is 2. The minimum atomic E-state index is -3.53. The number of hydrogen-bond donors (Lipinski definition) is 4. The van der Waals surface area contributed by atoms with E-state index < -0.39 is 10.0 Å². The van der Waals surface area contributed by atoms with Crippen molar-refractivity contribution in [2.75, 3.05) is 18.9 Å². The van der Waals surface area contributed by atoms with Crippen LogP contribution in [-0.2, 0) is 27.7 Å². The van der Waals surface area contributed by atoms with Gasteiger partial charge in [0.05, 0.1) is 17.1 Å². The molecule has 8 nitrogen and oxygen atoms in total. The number of phenols is 1. The largest absolute Gasteiger partial charge is 0.506 e. The molecule has 1 unspecified atom stereocenters. The number of nitrogens with one attached hydrogen (secondary N) is 3. The Morgan fingerprint density at radius 2 is 2.03 bits per heavy atom. The number of aromatic amines is 1. The highest BCUT2D eigenvalue weighted by atomic mass is 32.2. The first kappa shape index (κ1) is 25.4. The van der Waals surface area contributed by atoms with Crippen molar-refractivity contribution in [3.63, 3.8) is 0 Å². The Labute approximate surface area is 198 Å². The predicted octanol–water partition coefficient (Wildman–Crippen LogP) is 3.00. The van der Waals surface area contributed by atoms with Crippen molar-refractivity contribution in [2.45, 2.75) is 45.6 Å². The zero-order chi connectivity index (χ0) is 23.8. The van der Waals surface area contributed by atoms with E-state index in [1.54, 1.807) is 6.07 Å². The van der Waals surface area contributed by atoms with Crippen LogP contribution in [0.5, 0.6) is 5.75 Å². The summed E-state index contributed by atoms with van der Waals surface area (Å²) >= 11 is 1.08. The lowest BCUT2D eigenvalue weighted by Gasteiger charge is -2.17. The zero-order valence-electron chi connectivity index (χ0n) is 18.9. The maximum absolute atomic E-state index is 12.3. The molecule has 0 amide bonds. The van der Waals surface area contributed by atoms with Gasteiger partial charge in [0.15, 0.2) is 0 Å². The average molecular weight is 494 g/mol. The fourth-order valence-electron chi connectivity index (χ4n) is 3.64. The lowest BCUT2D eigenvalue weighted by atomic mass is 10.1. The number of sulfonamides is 1. The first-order valence-corrected chi connectivity index (χ1v) is 13.5. The maximum Gasteiger partial charge on any atom is 0.305 e. The Balaban J connectivity index is 1.41. The molecule has 4 N–H and O–H groups in total. The summed E-state index contributed by atoms with van der Waals surface area (Å²) in [5.74, 6) is 0.0246. The predicted molar refractivity (Wildman–Crippen MR) is 132 cm³/mol. The van der Waals surface area contributed by atoms with Crippen LogP contribution in [0.25, 0.3) is 10.2 Å². The van der Waals surface area contributed by atoms with E-state index in [2.05, 4.69) is 21.3 Å². The van der Waals surface area contributed by atoms with Crippen molar-refractivity contribution in [1.82, 2.24) is 15.2 Å². The molecule has 0 aliphatic carbocycles. The highest BCUT2D eigenvalue weighted by Crippen LogP contribution is 2.27. The molecule has 3 aromatic rings. The second kappa shape index (κ2) is 11.8. The Morgan fingerprint density at radius 1 is 1.21 bits per heavy atom. The molecule has 0 bridgehead atoms. The fourth-order valence-corrected chi connectivity index (χ4v) is 5.48. The number of aryl methyl sites for hydroxylation is 1. The Kier molecular flexibility index (Phi) is 9.04. The number of aromatic hydroxyl groups is 1. The SMILES string of the molecule is CCC(CCS(=O)(=O)NOCCc1cccc(C)c1)NCCc1ccc(O)c2[nH]c(=O)sc12. The van der Waals surface area contributed by atoms with Crippen molar-refractivity contribution >= 4 is 31.6 Å². The molecule has 0 saturated heterocycles. The first-order valence-electron chi connectivity index (χ1n) is 11.0. The first-order chi connectivity index (χ1) is 15.8. The number of rotatable bonds is 13. The van der Waals surface area contributed by atoms with E-state index >= 15 is 0 Å².